The summed E-state index contributed by atoms with van der Waals surface area (Å²) in [6.45, 7) is 6.67. The van der Waals surface area contributed by atoms with Gasteiger partial charge in [-0.15, -0.1) is 0 Å². The summed E-state index contributed by atoms with van der Waals surface area (Å²) in [4.78, 5) is 20.4. The van der Waals surface area contributed by atoms with Gasteiger partial charge in [0.25, 0.3) is 5.91 Å². The van der Waals surface area contributed by atoms with Gasteiger partial charge in [-0.3, -0.25) is 9.69 Å². The lowest BCUT2D eigenvalue weighted by atomic mass is 10.0. The van der Waals surface area contributed by atoms with Gasteiger partial charge in [-0.25, -0.2) is 0 Å². The van der Waals surface area contributed by atoms with Crippen LogP contribution in [0, 0.1) is 25.2 Å². The highest BCUT2D eigenvalue weighted by atomic mass is 16.5. The number of fused-ring (bicyclic) bond motifs is 1. The van der Waals surface area contributed by atoms with Crippen LogP contribution in [0.5, 0.6) is 5.75 Å². The van der Waals surface area contributed by atoms with Gasteiger partial charge in [0.2, 0.25) is 0 Å². The number of aromatic amines is 1. The van der Waals surface area contributed by atoms with Crippen LogP contribution in [0.25, 0.3) is 10.9 Å². The van der Waals surface area contributed by atoms with Gasteiger partial charge >= 0.3 is 0 Å². The quantitative estimate of drug-likeness (QED) is 0.720. The molecule has 1 aliphatic rings. The Morgan fingerprint density at radius 2 is 1.80 bits per heavy atom. The van der Waals surface area contributed by atoms with E-state index in [1.165, 1.54) is 5.56 Å². The van der Waals surface area contributed by atoms with Crippen LogP contribution in [0.2, 0.25) is 0 Å². The first-order valence-electron chi connectivity index (χ1n) is 10.2. The maximum absolute atomic E-state index is 13.1. The predicted molar refractivity (Wildman–Crippen MR) is 117 cm³/mol. The molecule has 0 aliphatic carbocycles. The number of piperazine rings is 1. The number of rotatable bonds is 4. The van der Waals surface area contributed by atoms with Crippen LogP contribution in [0.1, 0.15) is 33.2 Å². The monoisotopic (exact) mass is 402 g/mol. The number of nitrogens with zero attached hydrogens (tertiary/aromatic N) is 3. The Hall–Kier alpha value is -3.30. The fraction of sp³-hybridized carbons (Fsp3) is 0.333. The van der Waals surface area contributed by atoms with Crippen molar-refractivity contribution in [2.45, 2.75) is 19.9 Å². The molecular formula is C24H26N4O2. The Morgan fingerprint density at radius 3 is 2.43 bits per heavy atom. The summed E-state index contributed by atoms with van der Waals surface area (Å²) < 4.78 is 5.20. The summed E-state index contributed by atoms with van der Waals surface area (Å²) in [6, 6.07) is 15.6. The summed E-state index contributed by atoms with van der Waals surface area (Å²) in [5, 5.41) is 10.8. The van der Waals surface area contributed by atoms with Crippen molar-refractivity contribution in [1.82, 2.24) is 14.8 Å². The van der Waals surface area contributed by atoms with Gasteiger partial charge in [0.05, 0.1) is 13.2 Å². The molecule has 0 saturated carbocycles. The molecule has 0 radical (unpaired) electrons. The SMILES string of the molecule is COc1ccc(C(C#N)N2CCN(C(=O)c3ccc4[nH]c(C)c(C)c4c3)CC2)cc1. The average Bonchev–Trinajstić information content (AvgIpc) is 3.08. The molecule has 2 heterocycles. The van der Waals surface area contributed by atoms with Crippen molar-refractivity contribution < 1.29 is 9.53 Å². The normalized spacial score (nSPS) is 15.7. The third-order valence-corrected chi connectivity index (χ3v) is 6.08. The number of carbonyl (C=O) groups excluding carboxylic acids is 1. The summed E-state index contributed by atoms with van der Waals surface area (Å²) in [6.07, 6.45) is 0. The van der Waals surface area contributed by atoms with E-state index in [1.54, 1.807) is 7.11 Å². The number of amides is 1. The minimum absolute atomic E-state index is 0.0489. The van der Waals surface area contributed by atoms with Crippen molar-refractivity contribution in [2.24, 2.45) is 0 Å². The van der Waals surface area contributed by atoms with Crippen molar-refractivity contribution >= 4 is 16.8 Å². The molecule has 3 aromatic rings. The van der Waals surface area contributed by atoms with Crippen LogP contribution in [0.3, 0.4) is 0 Å². The molecule has 30 heavy (non-hydrogen) atoms. The lowest BCUT2D eigenvalue weighted by Gasteiger charge is -2.37. The molecule has 0 bridgehead atoms. The molecular weight excluding hydrogens is 376 g/mol. The molecule has 1 amide bonds. The van der Waals surface area contributed by atoms with Gasteiger partial charge in [0, 0.05) is 48.3 Å². The number of hydrogen-bond acceptors (Lipinski definition) is 4. The summed E-state index contributed by atoms with van der Waals surface area (Å²) >= 11 is 0. The van der Waals surface area contributed by atoms with Crippen molar-refractivity contribution in [1.29, 1.82) is 5.26 Å². The van der Waals surface area contributed by atoms with E-state index in [2.05, 4.69) is 22.9 Å². The van der Waals surface area contributed by atoms with Crippen LogP contribution in [-0.2, 0) is 0 Å². The maximum atomic E-state index is 13.1. The molecule has 1 fully saturated rings. The van der Waals surface area contributed by atoms with Gasteiger partial charge in [-0.05, 0) is 55.3 Å². The van der Waals surface area contributed by atoms with Gasteiger partial charge < -0.3 is 14.6 Å². The number of methoxy groups -OCH3 is 1. The van der Waals surface area contributed by atoms with Gasteiger partial charge in [-0.1, -0.05) is 12.1 Å². The van der Waals surface area contributed by atoms with E-state index < -0.39 is 0 Å². The van der Waals surface area contributed by atoms with E-state index >= 15 is 0 Å². The number of nitrogens with one attached hydrogen (secondary N) is 1. The number of ether oxygens (including phenoxy) is 1. The summed E-state index contributed by atoms with van der Waals surface area (Å²) in [7, 11) is 1.63. The lowest BCUT2D eigenvalue weighted by molar-refractivity contribution is 0.0606. The van der Waals surface area contributed by atoms with E-state index in [9.17, 15) is 10.1 Å². The Balaban J connectivity index is 1.45. The number of aryl methyl sites for hydroxylation is 2. The van der Waals surface area contributed by atoms with Crippen LogP contribution in [-0.4, -0.2) is 54.0 Å². The Labute approximate surface area is 176 Å². The molecule has 0 spiro atoms. The number of carbonyl (C=O) groups is 1. The van der Waals surface area contributed by atoms with Crippen molar-refractivity contribution in [3.63, 3.8) is 0 Å². The molecule has 1 saturated heterocycles. The number of nitriles is 1. The molecule has 1 aliphatic heterocycles. The van der Waals surface area contributed by atoms with Crippen LogP contribution >= 0.6 is 0 Å². The van der Waals surface area contributed by atoms with E-state index in [1.807, 2.05) is 54.3 Å². The molecule has 1 N–H and O–H groups in total. The number of aromatic nitrogens is 1. The third-order valence-electron chi connectivity index (χ3n) is 6.08. The van der Waals surface area contributed by atoms with Gasteiger partial charge in [0.15, 0.2) is 0 Å². The first kappa shape index (κ1) is 20.0. The zero-order chi connectivity index (χ0) is 21.3. The lowest BCUT2D eigenvalue weighted by Crippen LogP contribution is -2.49. The highest BCUT2D eigenvalue weighted by molar-refractivity contribution is 5.99. The van der Waals surface area contributed by atoms with Crippen LogP contribution < -0.4 is 4.74 Å². The van der Waals surface area contributed by atoms with Crippen molar-refractivity contribution in [3.05, 3.63) is 64.8 Å². The molecule has 6 heteroatoms. The Kier molecular flexibility index (Phi) is 5.47. The summed E-state index contributed by atoms with van der Waals surface area (Å²) in [5.74, 6) is 0.823. The largest absolute Gasteiger partial charge is 0.497 e. The Bertz CT molecular complexity index is 1100. The maximum Gasteiger partial charge on any atom is 0.253 e. The molecule has 1 unspecified atom stereocenters. The Morgan fingerprint density at radius 1 is 1.10 bits per heavy atom. The zero-order valence-electron chi connectivity index (χ0n) is 17.6. The molecule has 2 aromatic carbocycles. The first-order chi connectivity index (χ1) is 14.5. The second-order valence-electron chi connectivity index (χ2n) is 7.77. The van der Waals surface area contributed by atoms with E-state index in [0.717, 1.165) is 27.9 Å². The highest BCUT2D eigenvalue weighted by Gasteiger charge is 2.27. The molecule has 1 atom stereocenters. The fourth-order valence-corrected chi connectivity index (χ4v) is 4.11. The number of benzene rings is 2. The first-order valence-corrected chi connectivity index (χ1v) is 10.2. The third kappa shape index (κ3) is 3.64. The van der Waals surface area contributed by atoms with E-state index in [-0.39, 0.29) is 11.9 Å². The highest BCUT2D eigenvalue weighted by Crippen LogP contribution is 2.26. The predicted octanol–water partition coefficient (Wildman–Crippen LogP) is 3.82. The van der Waals surface area contributed by atoms with Crippen LogP contribution in [0.4, 0.5) is 0 Å². The minimum atomic E-state index is -0.324. The molecule has 154 valence electrons. The smallest absolute Gasteiger partial charge is 0.253 e. The minimum Gasteiger partial charge on any atom is -0.497 e. The number of H-pyrrole nitrogens is 1. The second-order valence-corrected chi connectivity index (χ2v) is 7.77. The van der Waals surface area contributed by atoms with Gasteiger partial charge in [-0.2, -0.15) is 5.26 Å². The topological polar surface area (TPSA) is 72.4 Å². The van der Waals surface area contributed by atoms with Crippen molar-refractivity contribution in [3.8, 4) is 11.8 Å². The zero-order valence-corrected chi connectivity index (χ0v) is 17.6. The standard InChI is InChI=1S/C24H26N4O2/c1-16-17(2)26-22-9-6-19(14-21(16)22)24(29)28-12-10-27(11-13-28)23(15-25)18-4-7-20(30-3)8-5-18/h4-9,14,23,26H,10-13H2,1-3H3. The number of hydrogen-bond donors (Lipinski definition) is 1. The fourth-order valence-electron chi connectivity index (χ4n) is 4.11. The van der Waals surface area contributed by atoms with E-state index in [0.29, 0.717) is 31.7 Å². The van der Waals surface area contributed by atoms with Gasteiger partial charge in [0.1, 0.15) is 11.8 Å². The van der Waals surface area contributed by atoms with E-state index in [4.69, 9.17) is 4.74 Å². The molecule has 4 rings (SSSR count). The summed E-state index contributed by atoms with van der Waals surface area (Å²) in [5.41, 5.74) is 5.03. The molecule has 6 nitrogen and oxygen atoms in total. The molecule has 1 aromatic heterocycles. The average molecular weight is 402 g/mol. The second kappa shape index (κ2) is 8.21. The van der Waals surface area contributed by atoms with Crippen LogP contribution in [0.15, 0.2) is 42.5 Å². The van der Waals surface area contributed by atoms with Crippen molar-refractivity contribution in [2.75, 3.05) is 33.3 Å².